The van der Waals surface area contributed by atoms with Gasteiger partial charge in [0.15, 0.2) is 0 Å². The molecule has 0 saturated carbocycles. The Balaban J connectivity index is 2.87. The zero-order chi connectivity index (χ0) is 16.4. The minimum atomic E-state index is -1.10. The molecule has 21 heavy (non-hydrogen) atoms. The summed E-state index contributed by atoms with van der Waals surface area (Å²) in [4.78, 5) is 23.5. The van der Waals surface area contributed by atoms with Gasteiger partial charge in [0.05, 0.1) is 16.6 Å². The van der Waals surface area contributed by atoms with Crippen LogP contribution in [0.2, 0.25) is 0 Å². The van der Waals surface area contributed by atoms with Crippen LogP contribution in [-0.4, -0.2) is 22.6 Å². The third-order valence-corrected chi connectivity index (χ3v) is 4.58. The van der Waals surface area contributed by atoms with Crippen molar-refractivity contribution in [3.8, 4) is 0 Å². The Morgan fingerprint density at radius 1 is 1.19 bits per heavy atom. The van der Waals surface area contributed by atoms with E-state index in [0.717, 1.165) is 10.0 Å². The Morgan fingerprint density at radius 2 is 1.76 bits per heavy atom. The standard InChI is InChI=1S/C15H21BrN2O3/c1-9-6-7-10(16)11(8-9)17-13(21)18-15(4,5)14(2,3)12(19)20/h6-8H,1-5H3,(H,19,20)(H2,17,18,21). The lowest BCUT2D eigenvalue weighted by Crippen LogP contribution is -2.57. The molecule has 0 aliphatic carbocycles. The Morgan fingerprint density at radius 3 is 2.29 bits per heavy atom. The first-order chi connectivity index (χ1) is 9.47. The number of carbonyl (C=O) groups is 2. The molecule has 3 N–H and O–H groups in total. The van der Waals surface area contributed by atoms with Gasteiger partial charge in [0, 0.05) is 4.47 Å². The Kier molecular flexibility index (Phi) is 5.04. The summed E-state index contributed by atoms with van der Waals surface area (Å²) >= 11 is 3.36. The smallest absolute Gasteiger partial charge is 0.319 e. The highest BCUT2D eigenvalue weighted by Crippen LogP contribution is 2.31. The minimum Gasteiger partial charge on any atom is -0.481 e. The lowest BCUT2D eigenvalue weighted by molar-refractivity contribution is -0.150. The number of aryl methyl sites for hydroxylation is 1. The second kappa shape index (κ2) is 6.05. The van der Waals surface area contributed by atoms with Crippen LogP contribution in [0.15, 0.2) is 22.7 Å². The monoisotopic (exact) mass is 356 g/mol. The SMILES string of the molecule is Cc1ccc(Br)c(NC(=O)NC(C)(C)C(C)(C)C(=O)O)c1. The molecule has 2 amide bonds. The van der Waals surface area contributed by atoms with Crippen molar-refractivity contribution in [3.63, 3.8) is 0 Å². The molecule has 0 aliphatic rings. The maximum atomic E-state index is 12.1. The van der Waals surface area contributed by atoms with E-state index in [0.29, 0.717) is 5.69 Å². The van der Waals surface area contributed by atoms with E-state index in [4.69, 9.17) is 0 Å². The summed E-state index contributed by atoms with van der Waals surface area (Å²) < 4.78 is 0.763. The van der Waals surface area contributed by atoms with Gasteiger partial charge in [-0.2, -0.15) is 0 Å². The van der Waals surface area contributed by atoms with Crippen LogP contribution in [0.3, 0.4) is 0 Å². The number of urea groups is 1. The molecule has 0 aliphatic heterocycles. The number of anilines is 1. The Bertz CT molecular complexity index is 568. The summed E-state index contributed by atoms with van der Waals surface area (Å²) in [6, 6.07) is 5.15. The van der Waals surface area contributed by atoms with Crippen molar-refractivity contribution in [1.82, 2.24) is 5.32 Å². The maximum absolute atomic E-state index is 12.1. The van der Waals surface area contributed by atoms with Crippen molar-refractivity contribution in [2.75, 3.05) is 5.32 Å². The largest absolute Gasteiger partial charge is 0.481 e. The van der Waals surface area contributed by atoms with Crippen LogP contribution in [-0.2, 0) is 4.79 Å². The van der Waals surface area contributed by atoms with Crippen molar-refractivity contribution >= 4 is 33.6 Å². The topological polar surface area (TPSA) is 78.4 Å². The van der Waals surface area contributed by atoms with E-state index in [1.165, 1.54) is 0 Å². The zero-order valence-corrected chi connectivity index (χ0v) is 14.5. The predicted octanol–water partition coefficient (Wildman–Crippen LogP) is 3.77. The molecule has 0 radical (unpaired) electrons. The fraction of sp³-hybridized carbons (Fsp3) is 0.467. The molecule has 0 heterocycles. The molecular weight excluding hydrogens is 336 g/mol. The average molecular weight is 357 g/mol. The van der Waals surface area contributed by atoms with Gasteiger partial charge in [-0.15, -0.1) is 0 Å². The van der Waals surface area contributed by atoms with E-state index in [-0.39, 0.29) is 0 Å². The first kappa shape index (κ1) is 17.5. The first-order valence-corrected chi connectivity index (χ1v) is 7.35. The van der Waals surface area contributed by atoms with Gasteiger partial charge in [0.25, 0.3) is 0 Å². The van der Waals surface area contributed by atoms with E-state index in [1.54, 1.807) is 27.7 Å². The number of carboxylic acids is 1. The van der Waals surface area contributed by atoms with Crippen LogP contribution in [0, 0.1) is 12.3 Å². The summed E-state index contributed by atoms with van der Waals surface area (Å²) in [7, 11) is 0. The van der Waals surface area contributed by atoms with Gasteiger partial charge < -0.3 is 15.7 Å². The number of carbonyl (C=O) groups excluding carboxylic acids is 1. The minimum absolute atomic E-state index is 0.444. The molecule has 0 aromatic heterocycles. The molecule has 5 nitrogen and oxygen atoms in total. The van der Waals surface area contributed by atoms with Gasteiger partial charge in [-0.25, -0.2) is 4.79 Å². The summed E-state index contributed by atoms with van der Waals surface area (Å²) in [5.41, 5.74) is -0.372. The van der Waals surface area contributed by atoms with Gasteiger partial charge in [0.2, 0.25) is 0 Å². The molecule has 1 aromatic rings. The summed E-state index contributed by atoms with van der Waals surface area (Å²) in [6.45, 7) is 8.46. The van der Waals surface area contributed by atoms with Gasteiger partial charge in [-0.05, 0) is 68.2 Å². The summed E-state index contributed by atoms with van der Waals surface area (Å²) in [5, 5.41) is 14.7. The number of hydrogen-bond donors (Lipinski definition) is 3. The van der Waals surface area contributed by atoms with E-state index in [1.807, 2.05) is 25.1 Å². The van der Waals surface area contributed by atoms with E-state index in [2.05, 4.69) is 26.6 Å². The first-order valence-electron chi connectivity index (χ1n) is 6.56. The summed E-state index contributed by atoms with van der Waals surface area (Å²) in [5.74, 6) is -0.968. The molecule has 0 spiro atoms. The molecule has 1 aromatic carbocycles. The van der Waals surface area contributed by atoms with Crippen molar-refractivity contribution < 1.29 is 14.7 Å². The van der Waals surface area contributed by atoms with Crippen LogP contribution in [0.4, 0.5) is 10.5 Å². The van der Waals surface area contributed by atoms with Gasteiger partial charge in [-0.3, -0.25) is 4.79 Å². The van der Waals surface area contributed by atoms with Gasteiger partial charge >= 0.3 is 12.0 Å². The number of nitrogens with one attached hydrogen (secondary N) is 2. The highest BCUT2D eigenvalue weighted by molar-refractivity contribution is 9.10. The molecule has 0 fully saturated rings. The number of amides is 2. The zero-order valence-electron chi connectivity index (χ0n) is 12.9. The van der Waals surface area contributed by atoms with Crippen molar-refractivity contribution in [2.24, 2.45) is 5.41 Å². The summed E-state index contributed by atoms with van der Waals surface area (Å²) in [6.07, 6.45) is 0. The molecule has 116 valence electrons. The van der Waals surface area contributed by atoms with Gasteiger partial charge in [-0.1, -0.05) is 6.07 Å². The number of hydrogen-bond acceptors (Lipinski definition) is 2. The molecule has 0 unspecified atom stereocenters. The number of aliphatic carboxylic acids is 1. The number of halogens is 1. The molecule has 0 saturated heterocycles. The Labute approximate surface area is 133 Å². The third kappa shape index (κ3) is 3.97. The third-order valence-electron chi connectivity index (χ3n) is 3.89. The van der Waals surface area contributed by atoms with Crippen LogP contribution in [0.5, 0.6) is 0 Å². The molecule has 0 atom stereocenters. The van der Waals surface area contributed by atoms with E-state index < -0.39 is 23.0 Å². The fourth-order valence-corrected chi connectivity index (χ4v) is 1.94. The molecule has 6 heteroatoms. The highest BCUT2D eigenvalue weighted by atomic mass is 79.9. The number of carboxylic acid groups (broad SMARTS) is 1. The Hall–Kier alpha value is -1.56. The van der Waals surface area contributed by atoms with E-state index in [9.17, 15) is 14.7 Å². The van der Waals surface area contributed by atoms with Crippen LogP contribution in [0.1, 0.15) is 33.3 Å². The van der Waals surface area contributed by atoms with E-state index >= 15 is 0 Å². The molecular formula is C15H21BrN2O3. The quantitative estimate of drug-likeness (QED) is 0.768. The highest BCUT2D eigenvalue weighted by Gasteiger charge is 2.44. The van der Waals surface area contributed by atoms with Crippen LogP contribution < -0.4 is 10.6 Å². The fourth-order valence-electron chi connectivity index (χ4n) is 1.60. The normalized spacial score (nSPS) is 11.9. The molecule has 0 bridgehead atoms. The number of rotatable bonds is 4. The van der Waals surface area contributed by atoms with Crippen molar-refractivity contribution in [3.05, 3.63) is 28.2 Å². The second-order valence-electron chi connectivity index (χ2n) is 6.12. The maximum Gasteiger partial charge on any atom is 0.319 e. The van der Waals surface area contributed by atoms with Gasteiger partial charge in [0.1, 0.15) is 0 Å². The van der Waals surface area contributed by atoms with Crippen LogP contribution >= 0.6 is 15.9 Å². The average Bonchev–Trinajstić information content (AvgIpc) is 2.32. The van der Waals surface area contributed by atoms with Crippen molar-refractivity contribution in [2.45, 2.75) is 40.2 Å². The second-order valence-corrected chi connectivity index (χ2v) is 6.97. The molecule has 1 rings (SSSR count). The number of benzene rings is 1. The predicted molar refractivity (Wildman–Crippen MR) is 86.5 cm³/mol. The lowest BCUT2D eigenvalue weighted by Gasteiger charge is -2.38. The van der Waals surface area contributed by atoms with Crippen LogP contribution in [0.25, 0.3) is 0 Å². The lowest BCUT2D eigenvalue weighted by atomic mass is 9.74. The van der Waals surface area contributed by atoms with Crippen molar-refractivity contribution in [1.29, 1.82) is 0 Å².